The Balaban J connectivity index is 2.05. The largest absolute Gasteiger partial charge is 0.338 e. The SMILES string of the molecule is Fn1c(N2CCNCC2)nc2ccccc21. The number of piperazine rings is 1. The van der Waals surface area contributed by atoms with Gasteiger partial charge < -0.3 is 10.2 Å². The molecule has 1 aliphatic rings. The second-order valence-corrected chi connectivity index (χ2v) is 3.92. The molecule has 84 valence electrons. The summed E-state index contributed by atoms with van der Waals surface area (Å²) in [5.41, 5.74) is 1.24. The van der Waals surface area contributed by atoms with Gasteiger partial charge in [0.15, 0.2) is 0 Å². The second kappa shape index (κ2) is 3.75. The van der Waals surface area contributed by atoms with Gasteiger partial charge in [0.25, 0.3) is 0 Å². The third kappa shape index (κ3) is 1.44. The molecule has 0 atom stereocenters. The fourth-order valence-electron chi connectivity index (χ4n) is 2.04. The number of nitrogens with zero attached hydrogens (tertiary/aromatic N) is 3. The lowest BCUT2D eigenvalue weighted by atomic mass is 10.3. The van der Waals surface area contributed by atoms with Crippen molar-refractivity contribution >= 4 is 17.0 Å². The summed E-state index contributed by atoms with van der Waals surface area (Å²) < 4.78 is 14.0. The van der Waals surface area contributed by atoms with E-state index in [1.807, 2.05) is 23.1 Å². The molecule has 1 aromatic carbocycles. The zero-order valence-corrected chi connectivity index (χ0v) is 8.86. The monoisotopic (exact) mass is 220 g/mol. The standard InChI is InChI=1S/C11H13FN4/c12-16-10-4-2-1-3-9(10)14-11(16)15-7-5-13-6-8-15/h1-4,13H,5-8H2. The van der Waals surface area contributed by atoms with E-state index in [1.165, 1.54) is 0 Å². The van der Waals surface area contributed by atoms with Crippen molar-refractivity contribution < 1.29 is 4.48 Å². The van der Waals surface area contributed by atoms with Gasteiger partial charge in [0.05, 0.1) is 5.52 Å². The average Bonchev–Trinajstić information content (AvgIpc) is 2.69. The topological polar surface area (TPSA) is 33.1 Å². The number of para-hydroxylation sites is 2. The second-order valence-electron chi connectivity index (χ2n) is 3.92. The van der Waals surface area contributed by atoms with Crippen LogP contribution in [0, 0.1) is 0 Å². The van der Waals surface area contributed by atoms with E-state index in [4.69, 9.17) is 0 Å². The minimum atomic E-state index is 0.419. The van der Waals surface area contributed by atoms with Crippen molar-refractivity contribution in [1.82, 2.24) is 15.1 Å². The Morgan fingerprint density at radius 1 is 1.19 bits per heavy atom. The van der Waals surface area contributed by atoms with Gasteiger partial charge in [0.2, 0.25) is 5.95 Å². The number of fused-ring (bicyclic) bond motifs is 1. The first-order chi connectivity index (χ1) is 7.86. The molecule has 4 nitrogen and oxygen atoms in total. The smallest absolute Gasteiger partial charge is 0.235 e. The lowest BCUT2D eigenvalue weighted by molar-refractivity contribution is 0.380. The van der Waals surface area contributed by atoms with Crippen molar-refractivity contribution in [2.45, 2.75) is 0 Å². The van der Waals surface area contributed by atoms with Gasteiger partial charge in [-0.2, -0.15) is 0 Å². The van der Waals surface area contributed by atoms with Crippen molar-refractivity contribution in [2.75, 3.05) is 31.1 Å². The van der Waals surface area contributed by atoms with Crippen LogP contribution < -0.4 is 10.2 Å². The molecule has 1 saturated heterocycles. The Morgan fingerprint density at radius 2 is 1.94 bits per heavy atom. The molecule has 0 bridgehead atoms. The minimum Gasteiger partial charge on any atom is -0.338 e. The summed E-state index contributed by atoms with van der Waals surface area (Å²) in [6.45, 7) is 3.35. The maximum Gasteiger partial charge on any atom is 0.235 e. The Labute approximate surface area is 92.6 Å². The molecule has 16 heavy (non-hydrogen) atoms. The predicted octanol–water partition coefficient (Wildman–Crippen LogP) is 1.18. The van der Waals surface area contributed by atoms with E-state index in [-0.39, 0.29) is 0 Å². The Morgan fingerprint density at radius 3 is 2.69 bits per heavy atom. The molecule has 1 aromatic heterocycles. The molecule has 5 heteroatoms. The van der Waals surface area contributed by atoms with Crippen molar-refractivity contribution in [3.05, 3.63) is 24.3 Å². The molecule has 0 amide bonds. The van der Waals surface area contributed by atoms with E-state index < -0.39 is 0 Å². The van der Waals surface area contributed by atoms with Gasteiger partial charge in [-0.05, 0) is 12.1 Å². The van der Waals surface area contributed by atoms with Gasteiger partial charge in [-0.25, -0.2) is 4.98 Å². The van der Waals surface area contributed by atoms with Crippen molar-refractivity contribution in [1.29, 1.82) is 0 Å². The number of halogens is 1. The van der Waals surface area contributed by atoms with E-state index in [9.17, 15) is 4.48 Å². The normalized spacial score (nSPS) is 16.9. The van der Waals surface area contributed by atoms with Crippen LogP contribution in [0.2, 0.25) is 0 Å². The first kappa shape index (κ1) is 9.59. The Kier molecular flexibility index (Phi) is 2.25. The molecule has 0 radical (unpaired) electrons. The van der Waals surface area contributed by atoms with Crippen LogP contribution in [0.15, 0.2) is 24.3 Å². The molecule has 1 N–H and O–H groups in total. The third-order valence-electron chi connectivity index (χ3n) is 2.89. The molecule has 0 spiro atoms. The maximum absolute atomic E-state index is 14.0. The zero-order chi connectivity index (χ0) is 11.0. The first-order valence-electron chi connectivity index (χ1n) is 5.45. The number of hydrogen-bond acceptors (Lipinski definition) is 3. The van der Waals surface area contributed by atoms with Crippen LogP contribution in [0.4, 0.5) is 10.4 Å². The molecule has 0 unspecified atom stereocenters. The molecular weight excluding hydrogens is 207 g/mol. The molecule has 0 aliphatic carbocycles. The summed E-state index contributed by atoms with van der Waals surface area (Å²) >= 11 is 0. The summed E-state index contributed by atoms with van der Waals surface area (Å²) in [7, 11) is 0. The van der Waals surface area contributed by atoms with Gasteiger partial charge in [0.1, 0.15) is 5.52 Å². The first-order valence-corrected chi connectivity index (χ1v) is 5.45. The Bertz CT molecular complexity index is 502. The highest BCUT2D eigenvalue weighted by Crippen LogP contribution is 2.22. The summed E-state index contributed by atoms with van der Waals surface area (Å²) in [6, 6.07) is 7.27. The van der Waals surface area contributed by atoms with Crippen LogP contribution in [0.3, 0.4) is 0 Å². The summed E-state index contributed by atoms with van der Waals surface area (Å²) in [5, 5.41) is 3.24. The van der Waals surface area contributed by atoms with Gasteiger partial charge in [-0.3, -0.25) is 0 Å². The lowest BCUT2D eigenvalue weighted by Gasteiger charge is -2.27. The van der Waals surface area contributed by atoms with E-state index >= 15 is 0 Å². The van der Waals surface area contributed by atoms with Gasteiger partial charge in [-0.15, -0.1) is 4.79 Å². The molecule has 2 aromatic rings. The summed E-state index contributed by atoms with van der Waals surface area (Å²) in [4.78, 5) is 6.97. The number of imidazole rings is 1. The van der Waals surface area contributed by atoms with Crippen molar-refractivity contribution in [3.8, 4) is 0 Å². The van der Waals surface area contributed by atoms with Crippen LogP contribution >= 0.6 is 0 Å². The lowest BCUT2D eigenvalue weighted by Crippen LogP contribution is -2.44. The van der Waals surface area contributed by atoms with Crippen LogP contribution in [0.25, 0.3) is 11.0 Å². The quantitative estimate of drug-likeness (QED) is 0.783. The summed E-state index contributed by atoms with van der Waals surface area (Å²) in [6.07, 6.45) is 0. The number of benzene rings is 1. The Hall–Kier alpha value is -1.62. The van der Waals surface area contributed by atoms with Gasteiger partial charge in [-0.1, -0.05) is 16.6 Å². The molecule has 1 fully saturated rings. The van der Waals surface area contributed by atoms with Crippen molar-refractivity contribution in [2.24, 2.45) is 0 Å². The number of nitrogens with one attached hydrogen (secondary N) is 1. The number of aromatic nitrogens is 2. The van der Waals surface area contributed by atoms with Gasteiger partial charge >= 0.3 is 0 Å². The van der Waals surface area contributed by atoms with Crippen LogP contribution in [-0.4, -0.2) is 36.0 Å². The third-order valence-corrected chi connectivity index (χ3v) is 2.89. The molecule has 2 heterocycles. The number of hydrogen-bond donors (Lipinski definition) is 1. The molecule has 3 rings (SSSR count). The number of rotatable bonds is 1. The fraction of sp³-hybridized carbons (Fsp3) is 0.364. The van der Waals surface area contributed by atoms with Crippen LogP contribution in [0.1, 0.15) is 0 Å². The zero-order valence-electron chi connectivity index (χ0n) is 8.86. The minimum absolute atomic E-state index is 0.419. The van der Waals surface area contributed by atoms with Crippen LogP contribution in [0.5, 0.6) is 0 Å². The van der Waals surface area contributed by atoms with Crippen LogP contribution in [-0.2, 0) is 0 Å². The molecular formula is C11H13FN4. The average molecular weight is 220 g/mol. The molecule has 1 aliphatic heterocycles. The van der Waals surface area contributed by atoms with Crippen molar-refractivity contribution in [3.63, 3.8) is 0 Å². The van der Waals surface area contributed by atoms with E-state index in [1.54, 1.807) is 6.07 Å². The van der Waals surface area contributed by atoms with E-state index in [2.05, 4.69) is 10.3 Å². The highest BCUT2D eigenvalue weighted by molar-refractivity contribution is 5.78. The predicted molar refractivity (Wildman–Crippen MR) is 61.3 cm³/mol. The summed E-state index contributed by atoms with van der Waals surface area (Å²) in [5.74, 6) is 0.419. The van der Waals surface area contributed by atoms with E-state index in [0.717, 1.165) is 26.2 Å². The maximum atomic E-state index is 14.0. The highest BCUT2D eigenvalue weighted by atomic mass is 19.2. The highest BCUT2D eigenvalue weighted by Gasteiger charge is 2.18. The van der Waals surface area contributed by atoms with E-state index in [0.29, 0.717) is 21.8 Å². The van der Waals surface area contributed by atoms with Gasteiger partial charge in [0, 0.05) is 26.2 Å². The fourth-order valence-corrected chi connectivity index (χ4v) is 2.04. The number of anilines is 1. The molecule has 0 saturated carbocycles.